The average molecular weight is 188 g/mol. The quantitative estimate of drug-likeness (QED) is 0.413. The Morgan fingerprint density at radius 2 is 2.14 bits per heavy atom. The predicted octanol–water partition coefficient (Wildman–Crippen LogP) is 1.87. The third-order valence-corrected chi connectivity index (χ3v) is 1.58. The van der Waals surface area contributed by atoms with E-state index in [2.05, 4.69) is 0 Å². The number of benzene rings is 1. The van der Waals surface area contributed by atoms with E-state index in [0.717, 1.165) is 5.56 Å². The zero-order valence-electron chi connectivity index (χ0n) is 7.38. The van der Waals surface area contributed by atoms with Crippen LogP contribution < -0.4 is 0 Å². The molecule has 0 bridgehead atoms. The summed E-state index contributed by atoms with van der Waals surface area (Å²) in [6.07, 6.45) is 1.52. The molecule has 1 aromatic rings. The van der Waals surface area contributed by atoms with Crippen LogP contribution in [0, 0.1) is 21.4 Å². The van der Waals surface area contributed by atoms with Crippen molar-refractivity contribution in [2.24, 2.45) is 0 Å². The van der Waals surface area contributed by atoms with Gasteiger partial charge in [0.1, 0.15) is 11.6 Å². The molecule has 14 heavy (non-hydrogen) atoms. The molecule has 0 heterocycles. The summed E-state index contributed by atoms with van der Waals surface area (Å²) in [6.45, 7) is -0.425. The molecule has 0 aliphatic carbocycles. The highest BCUT2D eigenvalue weighted by Gasteiger charge is 2.03. The minimum absolute atomic E-state index is 0.154. The molecule has 0 atom stereocenters. The predicted molar refractivity (Wildman–Crippen MR) is 51.9 cm³/mol. The highest BCUT2D eigenvalue weighted by Crippen LogP contribution is 2.05. The molecule has 0 aliphatic heterocycles. The first kappa shape index (κ1) is 9.93. The van der Waals surface area contributed by atoms with Crippen molar-refractivity contribution >= 4 is 6.08 Å². The average Bonchev–Trinajstić information content (AvgIpc) is 2.17. The SMILES string of the molecule is N#C/C(=C\c1ccccc1)C[N+](=O)[O-]. The van der Waals surface area contributed by atoms with Crippen molar-refractivity contribution in [3.8, 4) is 6.07 Å². The van der Waals surface area contributed by atoms with Gasteiger partial charge in [0, 0.05) is 4.92 Å². The molecule has 1 aromatic carbocycles. The van der Waals surface area contributed by atoms with Crippen LogP contribution in [0.5, 0.6) is 0 Å². The van der Waals surface area contributed by atoms with Crippen molar-refractivity contribution in [3.63, 3.8) is 0 Å². The van der Waals surface area contributed by atoms with E-state index in [9.17, 15) is 10.1 Å². The summed E-state index contributed by atoms with van der Waals surface area (Å²) in [5.41, 5.74) is 0.951. The van der Waals surface area contributed by atoms with Crippen LogP contribution in [0.2, 0.25) is 0 Å². The van der Waals surface area contributed by atoms with Gasteiger partial charge in [-0.25, -0.2) is 0 Å². The maximum absolute atomic E-state index is 10.2. The van der Waals surface area contributed by atoms with Crippen LogP contribution in [0.25, 0.3) is 6.08 Å². The first-order valence-electron chi connectivity index (χ1n) is 4.00. The second kappa shape index (κ2) is 4.77. The fourth-order valence-electron chi connectivity index (χ4n) is 1.00. The van der Waals surface area contributed by atoms with E-state index < -0.39 is 11.5 Å². The van der Waals surface area contributed by atoms with Gasteiger partial charge in [-0.2, -0.15) is 5.26 Å². The van der Waals surface area contributed by atoms with Gasteiger partial charge in [-0.1, -0.05) is 30.3 Å². The van der Waals surface area contributed by atoms with Crippen molar-refractivity contribution in [2.45, 2.75) is 0 Å². The molecule has 0 radical (unpaired) electrons. The molecule has 4 nitrogen and oxygen atoms in total. The van der Waals surface area contributed by atoms with Gasteiger partial charge in [0.15, 0.2) is 0 Å². The molecule has 70 valence electrons. The largest absolute Gasteiger partial charge is 0.264 e. The van der Waals surface area contributed by atoms with Crippen LogP contribution in [-0.2, 0) is 0 Å². The lowest BCUT2D eigenvalue weighted by Crippen LogP contribution is -2.02. The number of hydrogen-bond donors (Lipinski definition) is 0. The van der Waals surface area contributed by atoms with E-state index >= 15 is 0 Å². The summed E-state index contributed by atoms with van der Waals surface area (Å²) in [5, 5.41) is 18.8. The van der Waals surface area contributed by atoms with Crippen molar-refractivity contribution in [3.05, 3.63) is 51.6 Å². The van der Waals surface area contributed by atoms with E-state index in [1.807, 2.05) is 18.2 Å². The van der Waals surface area contributed by atoms with Gasteiger partial charge in [-0.15, -0.1) is 0 Å². The third-order valence-electron chi connectivity index (χ3n) is 1.58. The first-order chi connectivity index (χ1) is 6.72. The minimum atomic E-state index is -0.516. The molecule has 0 N–H and O–H groups in total. The second-order valence-corrected chi connectivity index (χ2v) is 2.68. The molecule has 1 rings (SSSR count). The maximum Gasteiger partial charge on any atom is 0.238 e. The van der Waals surface area contributed by atoms with Crippen LogP contribution in [0.3, 0.4) is 0 Å². The number of nitriles is 1. The smallest absolute Gasteiger partial charge is 0.238 e. The maximum atomic E-state index is 10.2. The molecule has 0 saturated heterocycles. The third kappa shape index (κ3) is 3.07. The van der Waals surface area contributed by atoms with Gasteiger partial charge in [-0.3, -0.25) is 10.1 Å². The Balaban J connectivity index is 2.86. The molecule has 0 saturated carbocycles. The molecule has 4 heteroatoms. The second-order valence-electron chi connectivity index (χ2n) is 2.68. The van der Waals surface area contributed by atoms with Crippen LogP contribution in [0.4, 0.5) is 0 Å². The van der Waals surface area contributed by atoms with Crippen molar-refractivity contribution in [1.29, 1.82) is 5.26 Å². The highest BCUT2D eigenvalue weighted by molar-refractivity contribution is 5.56. The molecule has 0 spiro atoms. The fourth-order valence-corrected chi connectivity index (χ4v) is 1.00. The van der Waals surface area contributed by atoms with E-state index in [1.165, 1.54) is 6.08 Å². The van der Waals surface area contributed by atoms with Crippen LogP contribution in [0.15, 0.2) is 35.9 Å². The Morgan fingerprint density at radius 3 is 2.64 bits per heavy atom. The lowest BCUT2D eigenvalue weighted by atomic mass is 10.1. The van der Waals surface area contributed by atoms with Crippen LogP contribution in [0.1, 0.15) is 5.56 Å². The van der Waals surface area contributed by atoms with Crippen molar-refractivity contribution < 1.29 is 4.92 Å². The summed E-state index contributed by atoms with van der Waals surface area (Å²) in [4.78, 5) is 9.66. The van der Waals surface area contributed by atoms with Gasteiger partial charge in [-0.05, 0) is 11.6 Å². The topological polar surface area (TPSA) is 66.9 Å². The van der Waals surface area contributed by atoms with Crippen molar-refractivity contribution in [1.82, 2.24) is 0 Å². The number of hydrogen-bond acceptors (Lipinski definition) is 3. The fraction of sp³-hybridized carbons (Fsp3) is 0.100. The lowest BCUT2D eigenvalue weighted by Gasteiger charge is -1.93. The molecular weight excluding hydrogens is 180 g/mol. The summed E-state index contributed by atoms with van der Waals surface area (Å²) in [7, 11) is 0. The Morgan fingerprint density at radius 1 is 1.50 bits per heavy atom. The summed E-state index contributed by atoms with van der Waals surface area (Å²) >= 11 is 0. The molecular formula is C10H8N2O2. The number of nitro groups is 1. The Labute approximate surface area is 81.2 Å². The summed E-state index contributed by atoms with van der Waals surface area (Å²) in [6, 6.07) is 10.8. The Kier molecular flexibility index (Phi) is 3.39. The Hall–Kier alpha value is -2.15. The van der Waals surface area contributed by atoms with Gasteiger partial charge in [0.25, 0.3) is 0 Å². The van der Waals surface area contributed by atoms with Crippen LogP contribution >= 0.6 is 0 Å². The summed E-state index contributed by atoms with van der Waals surface area (Å²) in [5.74, 6) is 0. The van der Waals surface area contributed by atoms with Gasteiger partial charge in [0.2, 0.25) is 6.54 Å². The zero-order chi connectivity index (χ0) is 10.4. The molecule has 0 aromatic heterocycles. The number of rotatable bonds is 3. The first-order valence-corrected chi connectivity index (χ1v) is 4.00. The van der Waals surface area contributed by atoms with Gasteiger partial charge >= 0.3 is 0 Å². The molecule has 0 fully saturated rings. The van der Waals surface area contributed by atoms with E-state index in [1.54, 1.807) is 18.2 Å². The van der Waals surface area contributed by atoms with E-state index in [-0.39, 0.29) is 5.57 Å². The lowest BCUT2D eigenvalue weighted by molar-refractivity contribution is -0.469. The summed E-state index contributed by atoms with van der Waals surface area (Å²) < 4.78 is 0. The highest BCUT2D eigenvalue weighted by atomic mass is 16.6. The van der Waals surface area contributed by atoms with Gasteiger partial charge < -0.3 is 0 Å². The number of nitrogens with zero attached hydrogens (tertiary/aromatic N) is 2. The zero-order valence-corrected chi connectivity index (χ0v) is 7.38. The normalized spacial score (nSPS) is 10.6. The standard InChI is InChI=1S/C10H8N2O2/c11-7-10(8-12(13)14)6-9-4-2-1-3-5-9/h1-6H,8H2/b10-6+. The monoisotopic (exact) mass is 188 g/mol. The van der Waals surface area contributed by atoms with Gasteiger partial charge in [0.05, 0.1) is 0 Å². The molecule has 0 unspecified atom stereocenters. The molecule has 0 amide bonds. The van der Waals surface area contributed by atoms with E-state index in [0.29, 0.717) is 0 Å². The van der Waals surface area contributed by atoms with Crippen molar-refractivity contribution in [2.75, 3.05) is 6.54 Å². The van der Waals surface area contributed by atoms with E-state index in [4.69, 9.17) is 5.26 Å². The van der Waals surface area contributed by atoms with Crippen LogP contribution in [-0.4, -0.2) is 11.5 Å². The molecule has 0 aliphatic rings. The minimum Gasteiger partial charge on any atom is -0.264 e. The Bertz CT molecular complexity index is 390.